The van der Waals surface area contributed by atoms with Crippen LogP contribution in [0, 0.1) is 0 Å². The highest BCUT2D eigenvalue weighted by Gasteiger charge is 2.32. The molecule has 0 unspecified atom stereocenters. The predicted octanol–water partition coefficient (Wildman–Crippen LogP) is 0.684. The molecule has 94 valence electrons. The maximum Gasteiger partial charge on any atom is 0.223 e. The molecule has 17 heavy (non-hydrogen) atoms. The van der Waals surface area contributed by atoms with Crippen LogP contribution in [0.1, 0.15) is 31.5 Å². The largest absolute Gasteiger partial charge is 0.396 e. The Labute approximate surface area is 101 Å². The summed E-state index contributed by atoms with van der Waals surface area (Å²) in [5.41, 5.74) is 0. The quantitative estimate of drug-likeness (QED) is 0.791. The maximum absolute atomic E-state index is 12.0. The zero-order valence-electron chi connectivity index (χ0n) is 10.2. The van der Waals surface area contributed by atoms with Crippen molar-refractivity contribution >= 4 is 5.91 Å². The number of rotatable bonds is 6. The highest BCUT2D eigenvalue weighted by molar-refractivity contribution is 5.76. The number of aliphatic hydroxyl groups excluding tert-OH is 1. The summed E-state index contributed by atoms with van der Waals surface area (Å²) in [7, 11) is 1.94. The van der Waals surface area contributed by atoms with Gasteiger partial charge in [0.15, 0.2) is 0 Å². The number of amides is 1. The van der Waals surface area contributed by atoms with Gasteiger partial charge in [0.1, 0.15) is 5.82 Å². The van der Waals surface area contributed by atoms with Gasteiger partial charge < -0.3 is 14.6 Å². The molecule has 0 bridgehead atoms. The number of imidazole rings is 1. The summed E-state index contributed by atoms with van der Waals surface area (Å²) in [6.07, 6.45) is 6.79. The number of aryl methyl sites for hydroxylation is 1. The fourth-order valence-corrected chi connectivity index (χ4v) is 1.88. The van der Waals surface area contributed by atoms with Crippen LogP contribution < -0.4 is 0 Å². The van der Waals surface area contributed by atoms with E-state index in [1.165, 1.54) is 0 Å². The van der Waals surface area contributed by atoms with Gasteiger partial charge in [0, 0.05) is 38.5 Å². The van der Waals surface area contributed by atoms with Crippen LogP contribution in [0.15, 0.2) is 12.4 Å². The lowest BCUT2D eigenvalue weighted by Crippen LogP contribution is -2.33. The average molecular weight is 237 g/mol. The summed E-state index contributed by atoms with van der Waals surface area (Å²) in [5, 5.41) is 8.76. The fourth-order valence-electron chi connectivity index (χ4n) is 1.88. The predicted molar refractivity (Wildman–Crippen MR) is 63.1 cm³/mol. The molecule has 0 aromatic carbocycles. The van der Waals surface area contributed by atoms with E-state index >= 15 is 0 Å². The Kier molecular flexibility index (Phi) is 3.78. The van der Waals surface area contributed by atoms with Crippen LogP contribution in [0.4, 0.5) is 0 Å². The molecule has 5 heteroatoms. The summed E-state index contributed by atoms with van der Waals surface area (Å²) >= 11 is 0. The molecule has 1 aliphatic carbocycles. The topological polar surface area (TPSA) is 58.4 Å². The molecule has 0 spiro atoms. The van der Waals surface area contributed by atoms with Gasteiger partial charge in [0.05, 0.1) is 6.54 Å². The highest BCUT2D eigenvalue weighted by atomic mass is 16.3. The first-order valence-corrected chi connectivity index (χ1v) is 6.09. The number of hydrogen-bond acceptors (Lipinski definition) is 3. The van der Waals surface area contributed by atoms with Crippen molar-refractivity contribution in [1.29, 1.82) is 0 Å². The zero-order chi connectivity index (χ0) is 12.3. The van der Waals surface area contributed by atoms with Gasteiger partial charge in [-0.2, -0.15) is 0 Å². The second kappa shape index (κ2) is 5.31. The Balaban J connectivity index is 1.98. The molecule has 1 N–H and O–H groups in total. The number of nitrogens with zero attached hydrogens (tertiary/aromatic N) is 3. The van der Waals surface area contributed by atoms with Crippen LogP contribution in [-0.2, 0) is 18.4 Å². The SMILES string of the molecule is Cn1ccnc1CN(C(=O)CCCO)C1CC1. The number of aliphatic hydroxyl groups is 1. The molecule has 0 radical (unpaired) electrons. The van der Waals surface area contributed by atoms with Gasteiger partial charge in [-0.1, -0.05) is 0 Å². The summed E-state index contributed by atoms with van der Waals surface area (Å²) < 4.78 is 1.94. The van der Waals surface area contributed by atoms with Gasteiger partial charge in [-0.05, 0) is 19.3 Å². The fraction of sp³-hybridized carbons (Fsp3) is 0.667. The van der Waals surface area contributed by atoms with Gasteiger partial charge in [-0.25, -0.2) is 4.98 Å². The molecule has 1 aromatic rings. The van der Waals surface area contributed by atoms with Gasteiger partial charge in [0.25, 0.3) is 0 Å². The third-order valence-electron chi connectivity index (χ3n) is 3.09. The molecule has 1 aromatic heterocycles. The second-order valence-electron chi connectivity index (χ2n) is 4.53. The molecule has 1 saturated carbocycles. The highest BCUT2D eigenvalue weighted by Crippen LogP contribution is 2.28. The summed E-state index contributed by atoms with van der Waals surface area (Å²) in [5.74, 6) is 1.04. The zero-order valence-corrected chi connectivity index (χ0v) is 10.2. The molecule has 1 heterocycles. The van der Waals surface area contributed by atoms with Gasteiger partial charge in [0.2, 0.25) is 5.91 Å². The average Bonchev–Trinajstić information content (AvgIpc) is 3.08. The molecule has 0 saturated heterocycles. The van der Waals surface area contributed by atoms with Crippen molar-refractivity contribution in [2.45, 2.75) is 38.3 Å². The van der Waals surface area contributed by atoms with Crippen LogP contribution in [0.3, 0.4) is 0 Å². The molecule has 0 aliphatic heterocycles. The minimum absolute atomic E-state index is 0.0760. The second-order valence-corrected chi connectivity index (χ2v) is 4.53. The lowest BCUT2D eigenvalue weighted by Gasteiger charge is -2.22. The number of carbonyl (C=O) groups is 1. The Morgan fingerprint density at radius 1 is 1.65 bits per heavy atom. The Morgan fingerprint density at radius 3 is 2.94 bits per heavy atom. The Hall–Kier alpha value is -1.36. The number of aromatic nitrogens is 2. The molecular formula is C12H19N3O2. The molecule has 0 atom stereocenters. The van der Waals surface area contributed by atoms with E-state index < -0.39 is 0 Å². The van der Waals surface area contributed by atoms with Crippen molar-refractivity contribution in [3.8, 4) is 0 Å². The monoisotopic (exact) mass is 237 g/mol. The van der Waals surface area contributed by atoms with E-state index in [-0.39, 0.29) is 12.5 Å². The van der Waals surface area contributed by atoms with Crippen LogP contribution in [0.2, 0.25) is 0 Å². The van der Waals surface area contributed by atoms with E-state index in [9.17, 15) is 4.79 Å². The maximum atomic E-state index is 12.0. The summed E-state index contributed by atoms with van der Waals surface area (Å²) in [6.45, 7) is 0.658. The van der Waals surface area contributed by atoms with Crippen molar-refractivity contribution in [2.24, 2.45) is 7.05 Å². The molecule has 5 nitrogen and oxygen atoms in total. The third kappa shape index (κ3) is 3.06. The van der Waals surface area contributed by atoms with Crippen LogP contribution in [0.25, 0.3) is 0 Å². The van der Waals surface area contributed by atoms with Crippen LogP contribution >= 0.6 is 0 Å². The van der Waals surface area contributed by atoms with E-state index in [0.29, 0.717) is 25.4 Å². The molecule has 1 amide bonds. The lowest BCUT2D eigenvalue weighted by molar-refractivity contribution is -0.132. The molecule has 1 aliphatic rings. The smallest absolute Gasteiger partial charge is 0.223 e. The van der Waals surface area contributed by atoms with Crippen molar-refractivity contribution in [1.82, 2.24) is 14.5 Å². The molecule has 2 rings (SSSR count). The van der Waals surface area contributed by atoms with Crippen LogP contribution in [-0.4, -0.2) is 38.1 Å². The normalized spacial score (nSPS) is 14.9. The lowest BCUT2D eigenvalue weighted by atomic mass is 10.2. The minimum Gasteiger partial charge on any atom is -0.396 e. The Bertz CT molecular complexity index is 385. The van der Waals surface area contributed by atoms with Crippen molar-refractivity contribution in [2.75, 3.05) is 6.61 Å². The van der Waals surface area contributed by atoms with E-state index in [1.807, 2.05) is 22.7 Å². The van der Waals surface area contributed by atoms with Crippen molar-refractivity contribution in [3.05, 3.63) is 18.2 Å². The summed E-state index contributed by atoms with van der Waals surface area (Å²) in [4.78, 5) is 18.1. The van der Waals surface area contributed by atoms with Crippen LogP contribution in [0.5, 0.6) is 0 Å². The first kappa shape index (κ1) is 12.1. The Morgan fingerprint density at radius 2 is 2.41 bits per heavy atom. The standard InChI is InChI=1S/C12H19N3O2/c1-14-7-6-13-11(14)9-15(10-4-5-10)12(17)3-2-8-16/h6-7,10,16H,2-5,8-9H2,1H3. The number of hydrogen-bond donors (Lipinski definition) is 1. The van der Waals surface area contributed by atoms with Crippen molar-refractivity contribution in [3.63, 3.8) is 0 Å². The van der Waals surface area contributed by atoms with Gasteiger partial charge in [-0.15, -0.1) is 0 Å². The number of carbonyl (C=O) groups excluding carboxylic acids is 1. The van der Waals surface area contributed by atoms with Gasteiger partial charge in [-0.3, -0.25) is 4.79 Å². The van der Waals surface area contributed by atoms with Gasteiger partial charge >= 0.3 is 0 Å². The molecular weight excluding hydrogens is 218 g/mol. The van der Waals surface area contributed by atoms with Crippen molar-refractivity contribution < 1.29 is 9.90 Å². The minimum atomic E-state index is 0.0760. The summed E-state index contributed by atoms with van der Waals surface area (Å²) in [6, 6.07) is 0.387. The third-order valence-corrected chi connectivity index (χ3v) is 3.09. The van der Waals surface area contributed by atoms with E-state index in [0.717, 1.165) is 18.7 Å². The molecule has 1 fully saturated rings. The van der Waals surface area contributed by atoms with E-state index in [1.54, 1.807) is 6.20 Å². The van der Waals surface area contributed by atoms with E-state index in [2.05, 4.69) is 4.98 Å². The first-order valence-electron chi connectivity index (χ1n) is 6.09. The first-order chi connectivity index (χ1) is 8.22. The van der Waals surface area contributed by atoms with E-state index in [4.69, 9.17) is 5.11 Å².